The van der Waals surface area contributed by atoms with Crippen LogP contribution in [0.4, 0.5) is 8.78 Å². The van der Waals surface area contributed by atoms with Crippen LogP contribution in [0.2, 0.25) is 5.02 Å². The lowest BCUT2D eigenvalue weighted by atomic mass is 9.84. The van der Waals surface area contributed by atoms with Crippen molar-refractivity contribution in [1.29, 1.82) is 0 Å². The van der Waals surface area contributed by atoms with Crippen LogP contribution < -0.4 is 0 Å². The van der Waals surface area contributed by atoms with Gasteiger partial charge in [0.2, 0.25) is 0 Å². The Morgan fingerprint density at radius 1 is 0.960 bits per heavy atom. The molecule has 0 amide bonds. The lowest BCUT2D eigenvalue weighted by Crippen LogP contribution is -2.25. The van der Waals surface area contributed by atoms with Crippen LogP contribution >= 0.6 is 11.6 Å². The topological polar surface area (TPSA) is 34.1 Å². The van der Waals surface area contributed by atoms with E-state index in [4.69, 9.17) is 11.6 Å². The molecule has 0 aliphatic heterocycles. The largest absolute Gasteiger partial charge is 0.223 e. The van der Waals surface area contributed by atoms with E-state index in [-0.39, 0.29) is 16.4 Å². The summed E-state index contributed by atoms with van der Waals surface area (Å²) in [7, 11) is -3.88. The van der Waals surface area contributed by atoms with E-state index in [0.29, 0.717) is 17.9 Å². The fourth-order valence-corrected chi connectivity index (χ4v) is 5.84. The molecule has 1 aliphatic carbocycles. The van der Waals surface area contributed by atoms with Crippen molar-refractivity contribution < 1.29 is 17.2 Å². The van der Waals surface area contributed by atoms with E-state index in [9.17, 15) is 17.2 Å². The highest BCUT2D eigenvalue weighted by Gasteiger charge is 2.38. The number of hydrogen-bond acceptors (Lipinski definition) is 2. The summed E-state index contributed by atoms with van der Waals surface area (Å²) in [5.41, 5.74) is -0.0816. The van der Waals surface area contributed by atoms with E-state index in [2.05, 4.69) is 0 Å². The van der Waals surface area contributed by atoms with E-state index in [0.717, 1.165) is 37.5 Å². The van der Waals surface area contributed by atoms with E-state index >= 15 is 0 Å². The quantitative estimate of drug-likeness (QED) is 0.676. The fraction of sp³-hybridized carbons (Fsp3) is 0.368. The Labute approximate surface area is 151 Å². The van der Waals surface area contributed by atoms with Crippen LogP contribution in [0.3, 0.4) is 0 Å². The van der Waals surface area contributed by atoms with E-state index in [1.165, 1.54) is 24.3 Å². The standard InChI is InChI=1S/C19H19ClF2O2S/c20-14-6-9-16(10-7-14)25(23,24)19(13-4-2-1-3-5-13)17-12-15(21)8-11-18(17)22/h6-13,19H,1-5H2. The molecule has 6 heteroatoms. The van der Waals surface area contributed by atoms with Gasteiger partial charge in [0.25, 0.3) is 0 Å². The van der Waals surface area contributed by atoms with Crippen LogP contribution in [0, 0.1) is 17.6 Å². The molecule has 0 heterocycles. The van der Waals surface area contributed by atoms with Crippen molar-refractivity contribution in [2.45, 2.75) is 42.2 Å². The van der Waals surface area contributed by atoms with Crippen molar-refractivity contribution in [3.8, 4) is 0 Å². The van der Waals surface area contributed by atoms with Crippen molar-refractivity contribution in [3.05, 3.63) is 64.7 Å². The van der Waals surface area contributed by atoms with Gasteiger partial charge >= 0.3 is 0 Å². The van der Waals surface area contributed by atoms with Gasteiger partial charge in [-0.3, -0.25) is 0 Å². The first-order chi connectivity index (χ1) is 11.9. The number of rotatable bonds is 4. The zero-order chi connectivity index (χ0) is 18.0. The maximum Gasteiger partial charge on any atom is 0.185 e. The smallest absolute Gasteiger partial charge is 0.185 e. The van der Waals surface area contributed by atoms with Crippen LogP contribution in [0.5, 0.6) is 0 Å². The monoisotopic (exact) mass is 384 g/mol. The maximum atomic E-state index is 14.4. The fourth-order valence-electron chi connectivity index (χ4n) is 3.61. The number of halogens is 3. The SMILES string of the molecule is O=S(=O)(c1ccc(Cl)cc1)C(c1cc(F)ccc1F)C1CCCCC1. The first-order valence-electron chi connectivity index (χ1n) is 8.34. The Balaban J connectivity index is 2.13. The highest BCUT2D eigenvalue weighted by atomic mass is 35.5. The maximum absolute atomic E-state index is 14.4. The molecule has 0 spiro atoms. The van der Waals surface area contributed by atoms with Gasteiger partial charge in [0.15, 0.2) is 9.84 Å². The van der Waals surface area contributed by atoms with E-state index in [1.54, 1.807) is 0 Å². The van der Waals surface area contributed by atoms with E-state index < -0.39 is 26.7 Å². The van der Waals surface area contributed by atoms with Crippen molar-refractivity contribution in [1.82, 2.24) is 0 Å². The van der Waals surface area contributed by atoms with Crippen molar-refractivity contribution in [2.75, 3.05) is 0 Å². The Hall–Kier alpha value is -1.46. The van der Waals surface area contributed by atoms with Crippen LogP contribution in [0.15, 0.2) is 47.4 Å². The average molecular weight is 385 g/mol. The zero-order valence-corrected chi connectivity index (χ0v) is 15.2. The molecule has 2 aromatic carbocycles. The van der Waals surface area contributed by atoms with Gasteiger partial charge in [-0.1, -0.05) is 30.9 Å². The first-order valence-corrected chi connectivity index (χ1v) is 10.3. The van der Waals surface area contributed by atoms with Crippen LogP contribution in [-0.2, 0) is 9.84 Å². The normalized spacial score (nSPS) is 17.4. The van der Waals surface area contributed by atoms with Gasteiger partial charge in [-0.25, -0.2) is 17.2 Å². The molecule has 2 nitrogen and oxygen atoms in total. The van der Waals surface area contributed by atoms with Gasteiger partial charge in [0, 0.05) is 10.6 Å². The first kappa shape index (κ1) is 18.3. The third-order valence-electron chi connectivity index (χ3n) is 4.82. The summed E-state index contributed by atoms with van der Waals surface area (Å²) in [6.45, 7) is 0. The third kappa shape index (κ3) is 3.87. The van der Waals surface area contributed by atoms with Crippen molar-refractivity contribution >= 4 is 21.4 Å². The molecule has 1 fully saturated rings. The molecule has 0 bridgehead atoms. The summed E-state index contributed by atoms with van der Waals surface area (Å²) >= 11 is 5.85. The van der Waals surface area contributed by atoms with Gasteiger partial charge in [-0.15, -0.1) is 0 Å². The molecule has 3 rings (SSSR count). The molecule has 0 aromatic heterocycles. The summed E-state index contributed by atoms with van der Waals surface area (Å²) < 4.78 is 54.7. The Kier molecular flexibility index (Phi) is 5.44. The summed E-state index contributed by atoms with van der Waals surface area (Å²) in [4.78, 5) is 0.0798. The highest BCUT2D eigenvalue weighted by Crippen LogP contribution is 2.43. The molecule has 0 radical (unpaired) electrons. The zero-order valence-electron chi connectivity index (χ0n) is 13.6. The van der Waals surface area contributed by atoms with Crippen LogP contribution in [0.1, 0.15) is 42.9 Å². The molecule has 1 saturated carbocycles. The number of benzene rings is 2. The molecule has 1 atom stereocenters. The van der Waals surface area contributed by atoms with Crippen molar-refractivity contribution in [2.24, 2.45) is 5.92 Å². The Bertz CT molecular complexity index is 844. The second-order valence-corrected chi connectivity index (χ2v) is 8.99. The molecule has 0 N–H and O–H groups in total. The summed E-state index contributed by atoms with van der Waals surface area (Å²) in [6.07, 6.45) is 4.21. The average Bonchev–Trinajstić information content (AvgIpc) is 2.59. The van der Waals surface area contributed by atoms with Gasteiger partial charge < -0.3 is 0 Å². The molecular formula is C19H19ClF2O2S. The molecular weight excluding hydrogens is 366 g/mol. The van der Waals surface area contributed by atoms with Crippen LogP contribution in [-0.4, -0.2) is 8.42 Å². The molecule has 2 aromatic rings. The number of sulfone groups is 1. The minimum Gasteiger partial charge on any atom is -0.223 e. The van der Waals surface area contributed by atoms with Gasteiger partial charge in [-0.05, 0) is 61.2 Å². The van der Waals surface area contributed by atoms with Gasteiger partial charge in [0.1, 0.15) is 11.6 Å². The molecule has 134 valence electrons. The summed E-state index contributed by atoms with van der Waals surface area (Å²) in [5.74, 6) is -1.55. The van der Waals surface area contributed by atoms with E-state index in [1.807, 2.05) is 0 Å². The van der Waals surface area contributed by atoms with Crippen molar-refractivity contribution in [3.63, 3.8) is 0 Å². The summed E-state index contributed by atoms with van der Waals surface area (Å²) in [5, 5.41) is -0.672. The Morgan fingerprint density at radius 3 is 2.24 bits per heavy atom. The summed E-state index contributed by atoms with van der Waals surface area (Å²) in [6, 6.07) is 8.85. The minimum atomic E-state index is -3.88. The van der Waals surface area contributed by atoms with Gasteiger partial charge in [-0.2, -0.15) is 0 Å². The molecule has 1 aliphatic rings. The Morgan fingerprint density at radius 2 is 1.60 bits per heavy atom. The lowest BCUT2D eigenvalue weighted by Gasteiger charge is -2.30. The molecule has 1 unspecified atom stereocenters. The molecule has 25 heavy (non-hydrogen) atoms. The predicted octanol–water partition coefficient (Wildman–Crippen LogP) is 5.71. The lowest BCUT2D eigenvalue weighted by molar-refractivity contribution is 0.338. The third-order valence-corrected chi connectivity index (χ3v) is 7.31. The second kappa shape index (κ2) is 7.42. The van der Waals surface area contributed by atoms with Crippen LogP contribution in [0.25, 0.3) is 0 Å². The minimum absolute atomic E-state index is 0.0798. The predicted molar refractivity (Wildman–Crippen MR) is 94.3 cm³/mol. The molecule has 0 saturated heterocycles. The second-order valence-electron chi connectivity index (χ2n) is 6.48. The highest BCUT2D eigenvalue weighted by molar-refractivity contribution is 7.91. The number of hydrogen-bond donors (Lipinski definition) is 0. The van der Waals surface area contributed by atoms with Gasteiger partial charge in [0.05, 0.1) is 10.1 Å².